The minimum Gasteiger partial charge on any atom is -0.390 e. The van der Waals surface area contributed by atoms with Gasteiger partial charge in [-0.3, -0.25) is 4.90 Å². The van der Waals surface area contributed by atoms with E-state index in [-0.39, 0.29) is 0 Å². The van der Waals surface area contributed by atoms with Gasteiger partial charge in [0.2, 0.25) is 0 Å². The minimum atomic E-state index is -4.39. The predicted molar refractivity (Wildman–Crippen MR) is 47.1 cm³/mol. The third-order valence-electron chi connectivity index (χ3n) is 2.29. The van der Waals surface area contributed by atoms with Crippen LogP contribution in [0.25, 0.3) is 0 Å². The summed E-state index contributed by atoms with van der Waals surface area (Å²) in [7, 11) is -2.25. The van der Waals surface area contributed by atoms with Gasteiger partial charge < -0.3 is 5.11 Å². The molecule has 90 valence electrons. The van der Waals surface area contributed by atoms with E-state index in [1.165, 1.54) is 0 Å². The summed E-state index contributed by atoms with van der Waals surface area (Å²) < 4.78 is 58.1. The maximum absolute atomic E-state index is 12.0. The van der Waals surface area contributed by atoms with Crippen LogP contribution in [0.3, 0.4) is 0 Å². The molecule has 1 N–H and O–H groups in total. The molecular formula is C7H12F3NO3S. The third-order valence-corrected chi connectivity index (χ3v) is 3.99. The van der Waals surface area contributed by atoms with Gasteiger partial charge in [-0.25, -0.2) is 8.42 Å². The molecule has 1 fully saturated rings. The predicted octanol–water partition coefficient (Wildman–Crippen LogP) is -0.362. The number of hydrogen-bond acceptors (Lipinski definition) is 4. The molecule has 4 nitrogen and oxygen atoms in total. The molecule has 1 heterocycles. The van der Waals surface area contributed by atoms with Crippen LogP contribution in [0.15, 0.2) is 0 Å². The Bertz CT molecular complexity index is 327. The zero-order valence-electron chi connectivity index (χ0n) is 8.03. The number of likely N-dealkylation sites (N-methyl/N-ethyl adjacent to an activating group) is 1. The van der Waals surface area contributed by atoms with E-state index in [4.69, 9.17) is 0 Å². The zero-order chi connectivity index (χ0) is 11.9. The lowest BCUT2D eigenvalue weighted by Crippen LogP contribution is -2.44. The normalized spacial score (nSPS) is 31.1. The van der Waals surface area contributed by atoms with Crippen LogP contribution in [0.2, 0.25) is 0 Å². The van der Waals surface area contributed by atoms with Crippen molar-refractivity contribution in [2.45, 2.75) is 18.3 Å². The second-order valence-corrected chi connectivity index (χ2v) is 5.90. The number of aliphatic hydroxyl groups is 1. The van der Waals surface area contributed by atoms with Crippen molar-refractivity contribution in [1.29, 1.82) is 0 Å². The Labute approximate surface area is 85.6 Å². The van der Waals surface area contributed by atoms with Gasteiger partial charge in [-0.2, -0.15) is 13.2 Å². The Morgan fingerprint density at radius 2 is 1.93 bits per heavy atom. The summed E-state index contributed by atoms with van der Waals surface area (Å²) in [5.74, 6) is -0.874. The van der Waals surface area contributed by atoms with Crippen LogP contribution in [0.5, 0.6) is 0 Å². The van der Waals surface area contributed by atoms with Crippen molar-refractivity contribution >= 4 is 9.84 Å². The summed E-state index contributed by atoms with van der Waals surface area (Å²) in [6.45, 7) is -1.22. The summed E-state index contributed by atoms with van der Waals surface area (Å²) in [6.07, 6.45) is -5.62. The lowest BCUT2D eigenvalue weighted by atomic mass is 10.2. The number of rotatable bonds is 2. The molecule has 0 saturated carbocycles. The quantitative estimate of drug-likeness (QED) is 0.724. The molecule has 1 aliphatic heterocycles. The molecule has 0 aromatic carbocycles. The van der Waals surface area contributed by atoms with E-state index in [9.17, 15) is 26.7 Å². The highest BCUT2D eigenvalue weighted by molar-refractivity contribution is 7.91. The fourth-order valence-corrected chi connectivity index (χ4v) is 3.51. The molecule has 0 radical (unpaired) electrons. The summed E-state index contributed by atoms with van der Waals surface area (Å²) in [5.41, 5.74) is 0. The molecule has 0 spiro atoms. The minimum absolute atomic E-state index is 0.416. The van der Waals surface area contributed by atoms with Crippen LogP contribution >= 0.6 is 0 Å². The van der Waals surface area contributed by atoms with Crippen molar-refractivity contribution in [3.8, 4) is 0 Å². The standard InChI is InChI=1S/C7H12F3NO3S/c1-11(4-7(8,9)10)5-2-15(13,14)3-6(5)12/h5-6,12H,2-4H2,1H3. The average molecular weight is 247 g/mol. The molecule has 1 rings (SSSR count). The first-order valence-corrected chi connectivity index (χ1v) is 6.08. The summed E-state index contributed by atoms with van der Waals surface area (Å²) >= 11 is 0. The van der Waals surface area contributed by atoms with Gasteiger partial charge in [-0.1, -0.05) is 0 Å². The highest BCUT2D eigenvalue weighted by Crippen LogP contribution is 2.22. The van der Waals surface area contributed by atoms with E-state index in [1.54, 1.807) is 0 Å². The Balaban J connectivity index is 2.66. The van der Waals surface area contributed by atoms with E-state index < -0.39 is 46.2 Å². The van der Waals surface area contributed by atoms with Crippen LogP contribution < -0.4 is 0 Å². The lowest BCUT2D eigenvalue weighted by Gasteiger charge is -2.26. The molecule has 0 amide bonds. The first kappa shape index (κ1) is 12.7. The number of halogens is 3. The van der Waals surface area contributed by atoms with Crippen molar-refractivity contribution in [3.05, 3.63) is 0 Å². The summed E-state index contributed by atoms with van der Waals surface area (Å²) in [6, 6.07) is -0.961. The molecule has 2 atom stereocenters. The first-order valence-electron chi connectivity index (χ1n) is 4.26. The van der Waals surface area contributed by atoms with Crippen molar-refractivity contribution in [1.82, 2.24) is 4.90 Å². The number of hydrogen-bond donors (Lipinski definition) is 1. The van der Waals surface area contributed by atoms with Crippen LogP contribution in [-0.2, 0) is 9.84 Å². The molecule has 2 unspecified atom stereocenters. The van der Waals surface area contributed by atoms with Crippen LogP contribution in [0, 0.1) is 0 Å². The number of aliphatic hydroxyl groups excluding tert-OH is 1. The molecule has 0 aromatic heterocycles. The maximum Gasteiger partial charge on any atom is 0.401 e. The van der Waals surface area contributed by atoms with E-state index in [1.807, 2.05) is 0 Å². The van der Waals surface area contributed by atoms with Gasteiger partial charge >= 0.3 is 6.18 Å². The topological polar surface area (TPSA) is 57.6 Å². The fourth-order valence-electron chi connectivity index (χ4n) is 1.63. The van der Waals surface area contributed by atoms with Crippen molar-refractivity contribution in [2.24, 2.45) is 0 Å². The van der Waals surface area contributed by atoms with Crippen molar-refractivity contribution in [2.75, 3.05) is 25.1 Å². The van der Waals surface area contributed by atoms with Gasteiger partial charge in [0.15, 0.2) is 9.84 Å². The van der Waals surface area contributed by atoms with Crippen molar-refractivity contribution < 1.29 is 26.7 Å². The molecule has 1 aliphatic rings. The second-order valence-electron chi connectivity index (χ2n) is 3.74. The monoisotopic (exact) mass is 247 g/mol. The van der Waals surface area contributed by atoms with Crippen molar-refractivity contribution in [3.63, 3.8) is 0 Å². The van der Waals surface area contributed by atoms with Gasteiger partial charge in [0, 0.05) is 0 Å². The molecule has 0 aliphatic carbocycles. The van der Waals surface area contributed by atoms with Gasteiger partial charge in [-0.05, 0) is 7.05 Å². The lowest BCUT2D eigenvalue weighted by molar-refractivity contribution is -0.149. The molecular weight excluding hydrogens is 235 g/mol. The number of nitrogens with zero attached hydrogens (tertiary/aromatic N) is 1. The van der Waals surface area contributed by atoms with E-state index in [0.717, 1.165) is 11.9 Å². The Hall–Kier alpha value is -0.340. The number of alkyl halides is 3. The highest BCUT2D eigenvalue weighted by Gasteiger charge is 2.42. The number of sulfone groups is 1. The van der Waals surface area contributed by atoms with Gasteiger partial charge in [0.05, 0.1) is 30.2 Å². The maximum atomic E-state index is 12.0. The Kier molecular flexibility index (Phi) is 3.32. The van der Waals surface area contributed by atoms with Crippen LogP contribution in [0.1, 0.15) is 0 Å². The molecule has 15 heavy (non-hydrogen) atoms. The smallest absolute Gasteiger partial charge is 0.390 e. The third kappa shape index (κ3) is 3.62. The van der Waals surface area contributed by atoms with Crippen LogP contribution in [-0.4, -0.2) is 61.8 Å². The van der Waals surface area contributed by atoms with Gasteiger partial charge in [0.25, 0.3) is 0 Å². The molecule has 8 heteroatoms. The molecule has 1 saturated heterocycles. The second kappa shape index (κ2) is 3.91. The average Bonchev–Trinajstić information content (AvgIpc) is 2.20. The van der Waals surface area contributed by atoms with Gasteiger partial charge in [-0.15, -0.1) is 0 Å². The summed E-state index contributed by atoms with van der Waals surface area (Å²) in [4.78, 5) is 0.829. The Morgan fingerprint density at radius 3 is 2.27 bits per heavy atom. The fraction of sp³-hybridized carbons (Fsp3) is 1.00. The molecule has 0 bridgehead atoms. The largest absolute Gasteiger partial charge is 0.401 e. The molecule has 0 aromatic rings. The van der Waals surface area contributed by atoms with E-state index in [0.29, 0.717) is 0 Å². The first-order chi connectivity index (χ1) is 6.61. The van der Waals surface area contributed by atoms with Gasteiger partial charge in [0.1, 0.15) is 0 Å². The summed E-state index contributed by atoms with van der Waals surface area (Å²) in [5, 5.41) is 9.30. The SMILES string of the molecule is CN(CC(F)(F)F)C1CS(=O)(=O)CC1O. The Morgan fingerprint density at radius 1 is 1.40 bits per heavy atom. The van der Waals surface area contributed by atoms with E-state index >= 15 is 0 Å². The van der Waals surface area contributed by atoms with Crippen LogP contribution in [0.4, 0.5) is 13.2 Å². The van der Waals surface area contributed by atoms with E-state index in [2.05, 4.69) is 0 Å². The zero-order valence-corrected chi connectivity index (χ0v) is 8.85. The highest BCUT2D eigenvalue weighted by atomic mass is 32.2.